The Kier molecular flexibility index (Phi) is 2.95. The van der Waals surface area contributed by atoms with E-state index in [1.165, 1.54) is 0 Å². The lowest BCUT2D eigenvalue weighted by atomic mass is 10.2. The molecule has 1 aliphatic rings. The largest absolute Gasteiger partial charge is 0.360 e. The Bertz CT molecular complexity index is 675. The lowest BCUT2D eigenvalue weighted by molar-refractivity contribution is 0.542. The molecule has 3 rings (SSSR count). The van der Waals surface area contributed by atoms with E-state index in [9.17, 15) is 4.39 Å². The standard InChI is InChI=1S/C12H9BrFN5/c13-11-8(5-15)1-2-9(12(11)14)18-3-4-19-7-16-17-10(19)6-18/h1-2,7H,3-4,6H2. The van der Waals surface area contributed by atoms with Crippen LogP contribution in [0.1, 0.15) is 11.4 Å². The normalized spacial score (nSPS) is 14.1. The molecule has 1 aromatic carbocycles. The van der Waals surface area contributed by atoms with E-state index < -0.39 is 5.82 Å². The summed E-state index contributed by atoms with van der Waals surface area (Å²) in [6.45, 7) is 1.91. The second kappa shape index (κ2) is 4.63. The van der Waals surface area contributed by atoms with Gasteiger partial charge in [0.25, 0.3) is 0 Å². The first kappa shape index (κ1) is 12.1. The molecule has 2 heterocycles. The molecule has 0 radical (unpaired) electrons. The summed E-state index contributed by atoms with van der Waals surface area (Å²) < 4.78 is 16.4. The summed E-state index contributed by atoms with van der Waals surface area (Å²) >= 11 is 3.12. The lowest BCUT2D eigenvalue weighted by Gasteiger charge is -2.29. The first-order valence-electron chi connectivity index (χ1n) is 5.70. The Morgan fingerprint density at radius 1 is 1.37 bits per heavy atom. The number of halogens is 2. The van der Waals surface area contributed by atoms with Crippen LogP contribution >= 0.6 is 15.9 Å². The maximum atomic E-state index is 14.3. The molecule has 96 valence electrons. The molecule has 5 nitrogen and oxygen atoms in total. The molecule has 0 bridgehead atoms. The minimum Gasteiger partial charge on any atom is -0.360 e. The number of aromatic nitrogens is 3. The van der Waals surface area contributed by atoms with Crippen LogP contribution in [0.3, 0.4) is 0 Å². The molecule has 0 N–H and O–H groups in total. The third-order valence-corrected chi connectivity index (χ3v) is 3.94. The van der Waals surface area contributed by atoms with E-state index in [1.807, 2.05) is 15.5 Å². The summed E-state index contributed by atoms with van der Waals surface area (Å²) in [5.41, 5.74) is 0.765. The molecule has 1 aromatic heterocycles. The zero-order valence-electron chi connectivity index (χ0n) is 9.85. The van der Waals surface area contributed by atoms with Gasteiger partial charge in [0, 0.05) is 13.1 Å². The number of hydrogen-bond donors (Lipinski definition) is 0. The summed E-state index contributed by atoms with van der Waals surface area (Å²) in [6.07, 6.45) is 1.68. The van der Waals surface area contributed by atoms with Crippen molar-refractivity contribution in [2.75, 3.05) is 11.4 Å². The fraction of sp³-hybridized carbons (Fsp3) is 0.250. The van der Waals surface area contributed by atoms with Crippen molar-refractivity contribution in [1.29, 1.82) is 5.26 Å². The highest BCUT2D eigenvalue weighted by atomic mass is 79.9. The van der Waals surface area contributed by atoms with Gasteiger partial charge in [0.1, 0.15) is 12.4 Å². The summed E-state index contributed by atoms with van der Waals surface area (Å²) in [5, 5.41) is 16.7. The molecular weight excluding hydrogens is 313 g/mol. The maximum Gasteiger partial charge on any atom is 0.161 e. The quantitative estimate of drug-likeness (QED) is 0.806. The van der Waals surface area contributed by atoms with Gasteiger partial charge in [-0.3, -0.25) is 0 Å². The van der Waals surface area contributed by atoms with Gasteiger partial charge in [0.15, 0.2) is 11.6 Å². The highest BCUT2D eigenvalue weighted by Crippen LogP contribution is 2.30. The Hall–Kier alpha value is -1.94. The molecule has 0 fully saturated rings. The smallest absolute Gasteiger partial charge is 0.161 e. The Labute approximate surface area is 117 Å². The number of hydrogen-bond acceptors (Lipinski definition) is 4. The van der Waals surface area contributed by atoms with E-state index in [1.54, 1.807) is 18.5 Å². The first-order valence-corrected chi connectivity index (χ1v) is 6.49. The molecule has 2 aromatic rings. The minimum absolute atomic E-state index is 0.208. The molecule has 19 heavy (non-hydrogen) atoms. The monoisotopic (exact) mass is 321 g/mol. The fourth-order valence-electron chi connectivity index (χ4n) is 2.14. The Morgan fingerprint density at radius 2 is 2.21 bits per heavy atom. The molecular formula is C12H9BrFN5. The Morgan fingerprint density at radius 3 is 3.00 bits per heavy atom. The highest BCUT2D eigenvalue weighted by molar-refractivity contribution is 9.10. The van der Waals surface area contributed by atoms with Crippen LogP contribution in [-0.4, -0.2) is 21.3 Å². The predicted octanol–water partition coefficient (Wildman–Crippen LogP) is 2.07. The molecule has 0 amide bonds. The average molecular weight is 322 g/mol. The summed E-state index contributed by atoms with van der Waals surface area (Å²) in [6, 6.07) is 5.19. The fourth-order valence-corrected chi connectivity index (χ4v) is 2.57. The van der Waals surface area contributed by atoms with E-state index in [2.05, 4.69) is 26.1 Å². The molecule has 0 unspecified atom stereocenters. The van der Waals surface area contributed by atoms with Gasteiger partial charge in [-0.25, -0.2) is 4.39 Å². The van der Waals surface area contributed by atoms with Gasteiger partial charge in [-0.15, -0.1) is 10.2 Å². The molecule has 0 aliphatic carbocycles. The second-order valence-corrected chi connectivity index (χ2v) is 5.03. The van der Waals surface area contributed by atoms with Crippen LogP contribution in [0.2, 0.25) is 0 Å². The van der Waals surface area contributed by atoms with E-state index in [-0.39, 0.29) is 4.47 Å². The van der Waals surface area contributed by atoms with E-state index in [0.29, 0.717) is 24.3 Å². The van der Waals surface area contributed by atoms with Gasteiger partial charge in [-0.05, 0) is 28.1 Å². The van der Waals surface area contributed by atoms with Crippen LogP contribution in [0.25, 0.3) is 0 Å². The van der Waals surface area contributed by atoms with Crippen LogP contribution in [-0.2, 0) is 13.1 Å². The zero-order chi connectivity index (χ0) is 13.4. The van der Waals surface area contributed by atoms with Gasteiger partial charge in [0.05, 0.1) is 22.3 Å². The molecule has 7 heteroatoms. The zero-order valence-corrected chi connectivity index (χ0v) is 11.4. The van der Waals surface area contributed by atoms with Crippen LogP contribution in [0.15, 0.2) is 22.9 Å². The van der Waals surface area contributed by atoms with Crippen molar-refractivity contribution < 1.29 is 4.39 Å². The van der Waals surface area contributed by atoms with E-state index in [4.69, 9.17) is 5.26 Å². The number of nitrogens with zero attached hydrogens (tertiary/aromatic N) is 5. The van der Waals surface area contributed by atoms with Crippen LogP contribution in [0, 0.1) is 17.1 Å². The third-order valence-electron chi connectivity index (χ3n) is 3.16. The molecule has 0 spiro atoms. The third kappa shape index (κ3) is 1.98. The van der Waals surface area contributed by atoms with Gasteiger partial charge in [0.2, 0.25) is 0 Å². The molecule has 0 saturated carbocycles. The van der Waals surface area contributed by atoms with Crippen molar-refractivity contribution in [2.24, 2.45) is 0 Å². The highest BCUT2D eigenvalue weighted by Gasteiger charge is 2.22. The van der Waals surface area contributed by atoms with Gasteiger partial charge in [-0.2, -0.15) is 5.26 Å². The van der Waals surface area contributed by atoms with Crippen LogP contribution < -0.4 is 4.90 Å². The Balaban J connectivity index is 1.97. The molecule has 0 atom stereocenters. The van der Waals surface area contributed by atoms with Crippen molar-refractivity contribution in [1.82, 2.24) is 14.8 Å². The topological polar surface area (TPSA) is 57.7 Å². The van der Waals surface area contributed by atoms with Crippen molar-refractivity contribution in [3.05, 3.63) is 40.1 Å². The second-order valence-electron chi connectivity index (χ2n) is 4.23. The SMILES string of the molecule is N#Cc1ccc(N2CCn3cnnc3C2)c(F)c1Br. The summed E-state index contributed by atoms with van der Waals surface area (Å²) in [5.74, 6) is 0.401. The maximum absolute atomic E-state index is 14.3. The number of nitriles is 1. The van der Waals surface area contributed by atoms with E-state index in [0.717, 1.165) is 12.4 Å². The predicted molar refractivity (Wildman–Crippen MR) is 69.9 cm³/mol. The van der Waals surface area contributed by atoms with Gasteiger partial charge < -0.3 is 9.47 Å². The summed E-state index contributed by atoms with van der Waals surface area (Å²) in [7, 11) is 0. The van der Waals surface area contributed by atoms with Crippen LogP contribution in [0.5, 0.6) is 0 Å². The number of rotatable bonds is 1. The van der Waals surface area contributed by atoms with Crippen molar-refractivity contribution in [3.8, 4) is 6.07 Å². The van der Waals surface area contributed by atoms with Crippen molar-refractivity contribution in [2.45, 2.75) is 13.1 Å². The average Bonchev–Trinajstić information content (AvgIpc) is 2.89. The minimum atomic E-state index is -0.410. The summed E-state index contributed by atoms with van der Waals surface area (Å²) in [4.78, 5) is 1.89. The van der Waals surface area contributed by atoms with Gasteiger partial charge in [-0.1, -0.05) is 0 Å². The van der Waals surface area contributed by atoms with Gasteiger partial charge >= 0.3 is 0 Å². The van der Waals surface area contributed by atoms with E-state index >= 15 is 0 Å². The number of anilines is 1. The van der Waals surface area contributed by atoms with Crippen molar-refractivity contribution in [3.63, 3.8) is 0 Å². The van der Waals surface area contributed by atoms with Crippen LogP contribution in [0.4, 0.5) is 10.1 Å². The lowest BCUT2D eigenvalue weighted by Crippen LogP contribution is -2.34. The molecule has 0 saturated heterocycles. The number of fused-ring (bicyclic) bond motifs is 1. The first-order chi connectivity index (χ1) is 9.20. The number of benzene rings is 1. The van der Waals surface area contributed by atoms with Crippen molar-refractivity contribution >= 4 is 21.6 Å². The molecule has 1 aliphatic heterocycles.